The Morgan fingerprint density at radius 2 is 0.757 bits per heavy atom. The lowest BCUT2D eigenvalue weighted by Crippen LogP contribution is -2.48. The van der Waals surface area contributed by atoms with Crippen LogP contribution >= 0.6 is 0 Å². The molecule has 20 rings (SSSR count). The second-order valence-electron chi connectivity index (χ2n) is 40.4. The first kappa shape index (κ1) is 93.0. The minimum absolute atomic E-state index is 0. The Morgan fingerprint density at radius 1 is 0.313 bits per heavy atom. The van der Waals surface area contributed by atoms with Crippen LogP contribution in [0.1, 0.15) is 303 Å². The lowest BCUT2D eigenvalue weighted by molar-refractivity contribution is 0.0447. The minimum atomic E-state index is 0. The summed E-state index contributed by atoms with van der Waals surface area (Å²) in [6.45, 7) is 27.1. The number of fused-ring (bicyclic) bond motifs is 10. The minimum Gasteiger partial charge on any atom is -0.372 e. The number of nitrogens with zero attached hydrogens (tertiary/aromatic N) is 10. The van der Waals surface area contributed by atoms with Crippen molar-refractivity contribution >= 4 is 22.3 Å². The molecule has 646 valence electrons. The van der Waals surface area contributed by atoms with E-state index in [9.17, 15) is 0 Å². The molecule has 9 aliphatic heterocycles. The van der Waals surface area contributed by atoms with Crippen molar-refractivity contribution in [1.29, 1.82) is 0 Å². The molecule has 5 aromatic rings. The molecule has 0 radical (unpaired) electrons. The maximum atomic E-state index is 2.63. The van der Waals surface area contributed by atoms with Gasteiger partial charge in [-0.25, -0.2) is 0 Å². The van der Waals surface area contributed by atoms with Crippen molar-refractivity contribution in [1.82, 2.24) is 38.9 Å². The number of aromatic nitrogens is 1. The third-order valence-corrected chi connectivity index (χ3v) is 33.6. The summed E-state index contributed by atoms with van der Waals surface area (Å²) in [6, 6.07) is 47.5. The van der Waals surface area contributed by atoms with Gasteiger partial charge in [-0.2, -0.15) is 0 Å². The van der Waals surface area contributed by atoms with Crippen molar-refractivity contribution in [2.75, 3.05) is 92.9 Å². The molecule has 6 saturated heterocycles. The second kappa shape index (κ2) is 45.0. The highest BCUT2D eigenvalue weighted by Gasteiger charge is 2.42. The summed E-state index contributed by atoms with van der Waals surface area (Å²) in [7, 11) is 22.4. The summed E-state index contributed by atoms with van der Waals surface area (Å²) in [6.07, 6.45) is 49.4. The molecule has 21 unspecified atom stereocenters. The second-order valence-corrected chi connectivity index (χ2v) is 40.4. The van der Waals surface area contributed by atoms with Crippen LogP contribution in [0.4, 0.5) is 11.4 Å². The van der Waals surface area contributed by atoms with E-state index in [1.54, 1.807) is 0 Å². The number of hydrogen-bond donors (Lipinski definition) is 0. The molecule has 15 aliphatic rings. The summed E-state index contributed by atoms with van der Waals surface area (Å²) in [4.78, 5) is 22.6. The van der Waals surface area contributed by atoms with Crippen molar-refractivity contribution in [3.05, 3.63) is 131 Å². The SMILES string of the molecule is C.CC1C2CCCCC2CCN1C.CC1CC2CCCC2N1C.CC1CC2CCCCC2CN1C.CC1CC2CCCCC2N1C.CC1CC2CCCCC2N1C.CC1CCC2CCCCC2N1C.CC1CCc2ccccc2N1C.CC1Cc2ccccc2N1C.CC1c2ccccc2CCN1C.Cc1cc2ccccc2n1C. The Kier molecular flexibility index (Phi) is 36.4. The molecule has 10 heteroatoms. The zero-order valence-electron chi connectivity index (χ0n) is 77.1. The van der Waals surface area contributed by atoms with Gasteiger partial charge >= 0.3 is 0 Å². The predicted molar refractivity (Wildman–Crippen MR) is 501 cm³/mol. The normalized spacial score (nSPS) is 34.6. The number of likely N-dealkylation sites (tertiary alicyclic amines) is 6. The first-order chi connectivity index (χ1) is 54.9. The van der Waals surface area contributed by atoms with E-state index in [4.69, 9.17) is 0 Å². The van der Waals surface area contributed by atoms with Crippen LogP contribution in [-0.4, -0.2) is 194 Å². The Balaban J connectivity index is 0.000000135. The molecule has 10 nitrogen and oxygen atoms in total. The lowest BCUT2D eigenvalue weighted by Gasteiger charge is -2.45. The molecular weight excluding hydrogens is 1400 g/mol. The third kappa shape index (κ3) is 24.3. The predicted octanol–water partition coefficient (Wildman–Crippen LogP) is 24.0. The smallest absolute Gasteiger partial charge is 0.0479 e. The highest BCUT2D eigenvalue weighted by Crippen LogP contribution is 2.44. The van der Waals surface area contributed by atoms with E-state index in [0.29, 0.717) is 18.1 Å². The molecule has 4 aromatic carbocycles. The molecule has 10 heterocycles. The molecular formula is C105H176N10. The molecule has 115 heavy (non-hydrogen) atoms. The Bertz CT molecular complexity index is 3440. The zero-order valence-corrected chi connectivity index (χ0v) is 77.1. The van der Waals surface area contributed by atoms with E-state index in [1.807, 2.05) is 0 Å². The van der Waals surface area contributed by atoms with E-state index >= 15 is 0 Å². The fourth-order valence-corrected chi connectivity index (χ4v) is 24.7. The van der Waals surface area contributed by atoms with Gasteiger partial charge in [0.2, 0.25) is 0 Å². The van der Waals surface area contributed by atoms with E-state index in [2.05, 4.69) is 292 Å². The van der Waals surface area contributed by atoms with E-state index in [0.717, 1.165) is 108 Å². The van der Waals surface area contributed by atoms with Crippen LogP contribution in [0.3, 0.4) is 0 Å². The summed E-state index contributed by atoms with van der Waals surface area (Å²) in [5.41, 5.74) is 11.5. The summed E-state index contributed by atoms with van der Waals surface area (Å²) in [5.74, 6) is 8.40. The molecule has 6 saturated carbocycles. The van der Waals surface area contributed by atoms with Crippen molar-refractivity contribution in [2.24, 2.45) is 54.4 Å². The van der Waals surface area contributed by atoms with Gasteiger partial charge in [-0.05, 0) is 359 Å². The first-order valence-corrected chi connectivity index (χ1v) is 48.1. The van der Waals surface area contributed by atoms with Crippen LogP contribution in [-0.2, 0) is 26.3 Å². The van der Waals surface area contributed by atoms with Crippen LogP contribution in [0.25, 0.3) is 10.9 Å². The molecule has 6 aliphatic carbocycles. The van der Waals surface area contributed by atoms with Crippen LogP contribution in [0.15, 0.2) is 103 Å². The monoisotopic (exact) mass is 1580 g/mol. The topological polar surface area (TPSA) is 34.1 Å². The van der Waals surface area contributed by atoms with E-state index in [-0.39, 0.29) is 7.43 Å². The van der Waals surface area contributed by atoms with E-state index < -0.39 is 0 Å². The number of aryl methyl sites for hydroxylation is 3. The summed E-state index contributed by atoms with van der Waals surface area (Å²) < 4.78 is 2.20. The van der Waals surface area contributed by atoms with Crippen LogP contribution < -0.4 is 9.80 Å². The standard InChI is InChI=1S/2C11H21N.C11H15N.C11H21N.C11H15N.2C10H19N.C10H13N.C10H11N.C9H17N.CH4/c1-9-7-10-5-3-4-6-11(10)8-12(9)2;2*1-9-11-6-4-3-5-10(11)7-8-12(9)2;2*1-9-7-8-10-5-3-4-6-11(10)12(9)2;4*1-8-7-9-5-3-4-6-10(9)11(8)2;1-7-6-8-4-3-5-9(8)10(7)2;/h2*9-11H,3-8H2,1-2H3;3-6,9H,7-8H2,1-2H3;9-11H,3-8H2,1-2H3;3-6,9H,7-8H2,1-2H3;2*8-10H,3-7H2,1-2H3;3-6,8H,7H2,1-2H3;3-7H,1-2H3;7-9H,3-6H2,1-2H3;1H4. The van der Waals surface area contributed by atoms with Gasteiger partial charge in [-0.15, -0.1) is 0 Å². The number of anilines is 2. The Morgan fingerprint density at radius 3 is 1.34 bits per heavy atom. The quantitative estimate of drug-likeness (QED) is 0.151. The summed E-state index contributed by atoms with van der Waals surface area (Å²) >= 11 is 0. The lowest BCUT2D eigenvalue weighted by atomic mass is 9.71. The average Bonchev–Trinajstić information content (AvgIpc) is 1.79. The van der Waals surface area contributed by atoms with Gasteiger partial charge in [-0.3, -0.25) is 4.90 Å². The molecule has 0 spiro atoms. The first-order valence-electron chi connectivity index (χ1n) is 48.1. The van der Waals surface area contributed by atoms with Gasteiger partial charge in [-0.1, -0.05) is 170 Å². The summed E-state index contributed by atoms with van der Waals surface area (Å²) in [5, 5.41) is 1.33. The molecule has 0 bridgehead atoms. The number of benzene rings is 4. The van der Waals surface area contributed by atoms with Gasteiger partial charge in [0.25, 0.3) is 0 Å². The average molecular weight is 1580 g/mol. The Labute approximate surface area is 708 Å². The molecule has 0 amide bonds. The fourth-order valence-electron chi connectivity index (χ4n) is 24.7. The molecule has 12 fully saturated rings. The number of hydrogen-bond acceptors (Lipinski definition) is 9. The molecule has 0 N–H and O–H groups in total. The third-order valence-electron chi connectivity index (χ3n) is 33.6. The molecule has 21 atom stereocenters. The van der Waals surface area contributed by atoms with Crippen molar-refractivity contribution in [3.63, 3.8) is 0 Å². The van der Waals surface area contributed by atoms with Crippen LogP contribution in [0, 0.1) is 54.3 Å². The van der Waals surface area contributed by atoms with Crippen LogP contribution in [0.2, 0.25) is 0 Å². The number of rotatable bonds is 0. The van der Waals surface area contributed by atoms with Crippen LogP contribution in [0.5, 0.6) is 0 Å². The van der Waals surface area contributed by atoms with Crippen molar-refractivity contribution in [3.8, 4) is 0 Å². The maximum absolute atomic E-state index is 2.63. The Hall–Kier alpha value is -4.26. The van der Waals surface area contributed by atoms with Gasteiger partial charge in [0.1, 0.15) is 0 Å². The van der Waals surface area contributed by atoms with Gasteiger partial charge < -0.3 is 43.8 Å². The fraction of sp³-hybridized carbons (Fsp3) is 0.752. The number of likely N-dealkylation sites (N-methyl/N-ethyl adjacent to an activating group) is 2. The van der Waals surface area contributed by atoms with Gasteiger partial charge in [0, 0.05) is 135 Å². The van der Waals surface area contributed by atoms with Gasteiger partial charge in [0.05, 0.1) is 0 Å². The number of piperidine rings is 3. The highest BCUT2D eigenvalue weighted by molar-refractivity contribution is 5.81. The zero-order chi connectivity index (χ0) is 81.3. The molecule has 1 aromatic heterocycles. The largest absolute Gasteiger partial charge is 0.372 e. The highest BCUT2D eigenvalue weighted by atomic mass is 15.2. The number of para-hydroxylation sites is 3. The van der Waals surface area contributed by atoms with Crippen molar-refractivity contribution < 1.29 is 0 Å². The van der Waals surface area contributed by atoms with Crippen molar-refractivity contribution in [2.45, 2.75) is 374 Å². The van der Waals surface area contributed by atoms with Gasteiger partial charge in [0.15, 0.2) is 0 Å². The maximum Gasteiger partial charge on any atom is 0.0479 e. The van der Waals surface area contributed by atoms with E-state index in [1.165, 1.54) is 288 Å².